The van der Waals surface area contributed by atoms with Crippen molar-refractivity contribution in [3.05, 3.63) is 95.6 Å². The molecule has 3 rings (SSSR count). The number of benzene rings is 3. The number of carbonyl (C=O) groups excluding carboxylic acids is 5. The molecule has 0 saturated carbocycles. The monoisotopic (exact) mass is 631 g/mol. The van der Waals surface area contributed by atoms with Crippen LogP contribution in [0.5, 0.6) is 11.5 Å². The van der Waals surface area contributed by atoms with Crippen LogP contribution in [0.15, 0.2) is 78.9 Å². The van der Waals surface area contributed by atoms with Crippen LogP contribution in [-0.4, -0.2) is 71.5 Å². The SMILES string of the molecule is CC(C)CC(NC(=O)C(Cc1ccccc1)NC(=O)CNC(=O)c1ccc(O)cc1)C(=O)NCC(=O)NCCc1ccc(O)cc1. The Kier molecular flexibility index (Phi) is 13.6. The normalized spacial score (nSPS) is 12.0. The van der Waals surface area contributed by atoms with E-state index in [9.17, 15) is 34.2 Å². The number of nitrogens with one attached hydrogen (secondary N) is 5. The van der Waals surface area contributed by atoms with Crippen molar-refractivity contribution >= 4 is 29.5 Å². The molecule has 7 N–H and O–H groups in total. The number of hydrogen-bond acceptors (Lipinski definition) is 7. The molecule has 0 aliphatic rings. The van der Waals surface area contributed by atoms with Crippen LogP contribution in [0.25, 0.3) is 0 Å². The highest BCUT2D eigenvalue weighted by Gasteiger charge is 2.28. The summed E-state index contributed by atoms with van der Waals surface area (Å²) in [5, 5.41) is 32.0. The fraction of sp³-hybridized carbons (Fsp3) is 0.324. The highest BCUT2D eigenvalue weighted by molar-refractivity contribution is 5.97. The summed E-state index contributed by atoms with van der Waals surface area (Å²) in [6.45, 7) is 3.42. The molecular weight excluding hydrogens is 590 g/mol. The van der Waals surface area contributed by atoms with Crippen LogP contribution in [0.3, 0.4) is 0 Å². The van der Waals surface area contributed by atoms with E-state index >= 15 is 0 Å². The third kappa shape index (κ3) is 12.3. The van der Waals surface area contributed by atoms with E-state index in [1.807, 2.05) is 19.9 Å². The van der Waals surface area contributed by atoms with Crippen LogP contribution in [-0.2, 0) is 32.0 Å². The van der Waals surface area contributed by atoms with Crippen molar-refractivity contribution in [2.24, 2.45) is 5.92 Å². The Hall–Kier alpha value is -5.39. The third-order valence-corrected chi connectivity index (χ3v) is 6.91. The molecule has 244 valence electrons. The van der Waals surface area contributed by atoms with Crippen molar-refractivity contribution in [1.82, 2.24) is 26.6 Å². The second kappa shape index (κ2) is 17.8. The van der Waals surface area contributed by atoms with Crippen LogP contribution < -0.4 is 26.6 Å². The van der Waals surface area contributed by atoms with Gasteiger partial charge in [0.05, 0.1) is 13.1 Å². The van der Waals surface area contributed by atoms with E-state index in [0.29, 0.717) is 13.0 Å². The van der Waals surface area contributed by atoms with Crippen molar-refractivity contribution in [3.8, 4) is 11.5 Å². The number of phenols is 2. The molecule has 2 unspecified atom stereocenters. The largest absolute Gasteiger partial charge is 0.508 e. The standard InChI is InChI=1S/C34H41N5O7/c1-22(2)18-28(33(45)37-20-30(42)35-17-16-23-8-12-26(40)13-9-23)39-34(46)29(19-24-6-4-3-5-7-24)38-31(43)21-36-32(44)25-10-14-27(41)15-11-25/h3-15,22,28-29,40-41H,16-21H2,1-2H3,(H,35,42)(H,36,44)(H,37,45)(H,38,43)(H,39,46). The zero-order valence-electron chi connectivity index (χ0n) is 25.9. The van der Waals surface area contributed by atoms with Crippen molar-refractivity contribution < 1.29 is 34.2 Å². The van der Waals surface area contributed by atoms with Crippen LogP contribution in [0.1, 0.15) is 41.8 Å². The molecule has 0 heterocycles. The zero-order chi connectivity index (χ0) is 33.5. The maximum atomic E-state index is 13.5. The molecule has 3 aromatic carbocycles. The molecular formula is C34H41N5O7. The van der Waals surface area contributed by atoms with Gasteiger partial charge in [0.1, 0.15) is 23.6 Å². The summed E-state index contributed by atoms with van der Waals surface area (Å²) < 4.78 is 0. The first kappa shape index (κ1) is 35.1. The minimum atomic E-state index is -1.06. The lowest BCUT2D eigenvalue weighted by atomic mass is 10.0. The van der Waals surface area contributed by atoms with Gasteiger partial charge in [-0.3, -0.25) is 24.0 Å². The van der Waals surface area contributed by atoms with Crippen molar-refractivity contribution in [3.63, 3.8) is 0 Å². The molecule has 3 aromatic rings. The lowest BCUT2D eigenvalue weighted by molar-refractivity contribution is -0.132. The maximum Gasteiger partial charge on any atom is 0.251 e. The summed E-state index contributed by atoms with van der Waals surface area (Å²) in [5.41, 5.74) is 1.95. The van der Waals surface area contributed by atoms with Gasteiger partial charge in [-0.2, -0.15) is 0 Å². The van der Waals surface area contributed by atoms with E-state index < -0.39 is 48.2 Å². The minimum absolute atomic E-state index is 0.00116. The van der Waals surface area contributed by atoms with Crippen LogP contribution in [0.2, 0.25) is 0 Å². The molecule has 0 aromatic heterocycles. The first-order chi connectivity index (χ1) is 22.0. The van der Waals surface area contributed by atoms with Crippen molar-refractivity contribution in [2.45, 2.75) is 45.2 Å². The Morgan fingerprint density at radius 2 is 1.24 bits per heavy atom. The second-order valence-electron chi connectivity index (χ2n) is 11.2. The second-order valence-corrected chi connectivity index (χ2v) is 11.2. The van der Waals surface area contributed by atoms with Gasteiger partial charge in [-0.25, -0.2) is 0 Å². The van der Waals surface area contributed by atoms with Crippen molar-refractivity contribution in [1.29, 1.82) is 0 Å². The highest BCUT2D eigenvalue weighted by atomic mass is 16.3. The maximum absolute atomic E-state index is 13.5. The van der Waals surface area contributed by atoms with Gasteiger partial charge in [-0.05, 0) is 66.3 Å². The van der Waals surface area contributed by atoms with Gasteiger partial charge >= 0.3 is 0 Å². The number of aromatic hydroxyl groups is 2. The van der Waals surface area contributed by atoms with Crippen LogP contribution >= 0.6 is 0 Å². The Labute approximate surface area is 268 Å². The predicted molar refractivity (Wildman–Crippen MR) is 172 cm³/mol. The molecule has 0 fully saturated rings. The lowest BCUT2D eigenvalue weighted by Gasteiger charge is -2.24. The van der Waals surface area contributed by atoms with E-state index in [4.69, 9.17) is 0 Å². The van der Waals surface area contributed by atoms with Crippen molar-refractivity contribution in [2.75, 3.05) is 19.6 Å². The Morgan fingerprint density at radius 1 is 0.630 bits per heavy atom. The molecule has 46 heavy (non-hydrogen) atoms. The molecule has 0 spiro atoms. The average Bonchev–Trinajstić information content (AvgIpc) is 3.03. The van der Waals surface area contributed by atoms with E-state index in [0.717, 1.165) is 11.1 Å². The number of amides is 5. The molecule has 0 bridgehead atoms. The molecule has 12 heteroatoms. The Morgan fingerprint density at radius 3 is 1.87 bits per heavy atom. The third-order valence-electron chi connectivity index (χ3n) is 6.91. The van der Waals surface area contributed by atoms with Gasteiger partial charge in [-0.15, -0.1) is 0 Å². The summed E-state index contributed by atoms with van der Waals surface area (Å²) in [7, 11) is 0. The summed E-state index contributed by atoms with van der Waals surface area (Å²) >= 11 is 0. The molecule has 12 nitrogen and oxygen atoms in total. The summed E-state index contributed by atoms with van der Waals surface area (Å²) in [6, 6.07) is 19.2. The van der Waals surface area contributed by atoms with E-state index in [1.165, 1.54) is 24.3 Å². The van der Waals surface area contributed by atoms with Crippen LogP contribution in [0.4, 0.5) is 0 Å². The number of hydrogen-bond donors (Lipinski definition) is 7. The molecule has 2 atom stereocenters. The highest BCUT2D eigenvalue weighted by Crippen LogP contribution is 2.11. The lowest BCUT2D eigenvalue weighted by Crippen LogP contribution is -2.56. The molecule has 0 aliphatic carbocycles. The van der Waals surface area contributed by atoms with Gasteiger partial charge in [0.2, 0.25) is 23.6 Å². The fourth-order valence-electron chi connectivity index (χ4n) is 4.52. The smallest absolute Gasteiger partial charge is 0.251 e. The zero-order valence-corrected chi connectivity index (χ0v) is 25.9. The first-order valence-electron chi connectivity index (χ1n) is 15.0. The topological polar surface area (TPSA) is 186 Å². The van der Waals surface area contributed by atoms with Gasteiger partial charge < -0.3 is 36.8 Å². The molecule has 0 radical (unpaired) electrons. The molecule has 5 amide bonds. The number of phenolic OH excluding ortho intramolecular Hbond substituents is 2. The summed E-state index contributed by atoms with van der Waals surface area (Å²) in [4.78, 5) is 64.2. The predicted octanol–water partition coefficient (Wildman–Crippen LogP) is 1.56. The molecule has 0 saturated heterocycles. The van der Waals surface area contributed by atoms with Gasteiger partial charge in [0.25, 0.3) is 5.91 Å². The van der Waals surface area contributed by atoms with E-state index in [-0.39, 0.29) is 42.4 Å². The number of rotatable bonds is 16. The average molecular weight is 632 g/mol. The Bertz CT molecular complexity index is 1460. The van der Waals surface area contributed by atoms with Gasteiger partial charge in [0, 0.05) is 18.5 Å². The van der Waals surface area contributed by atoms with E-state index in [1.54, 1.807) is 48.5 Å². The van der Waals surface area contributed by atoms with Gasteiger partial charge in [-0.1, -0.05) is 56.3 Å². The number of carbonyl (C=O) groups is 5. The van der Waals surface area contributed by atoms with E-state index in [2.05, 4.69) is 26.6 Å². The quantitative estimate of drug-likeness (QED) is 0.125. The minimum Gasteiger partial charge on any atom is -0.508 e. The first-order valence-corrected chi connectivity index (χ1v) is 15.0. The Balaban J connectivity index is 1.58. The summed E-state index contributed by atoms with van der Waals surface area (Å²) in [6.07, 6.45) is 0.958. The van der Waals surface area contributed by atoms with Crippen LogP contribution in [0, 0.1) is 5.92 Å². The molecule has 0 aliphatic heterocycles. The summed E-state index contributed by atoms with van der Waals surface area (Å²) in [5.74, 6) is -2.50. The van der Waals surface area contributed by atoms with Gasteiger partial charge in [0.15, 0.2) is 0 Å². The fourth-order valence-corrected chi connectivity index (χ4v) is 4.52.